The van der Waals surface area contributed by atoms with E-state index < -0.39 is 0 Å². The van der Waals surface area contributed by atoms with Crippen molar-refractivity contribution in [2.45, 2.75) is 30.8 Å². The van der Waals surface area contributed by atoms with Crippen LogP contribution in [-0.2, 0) is 16.1 Å². The van der Waals surface area contributed by atoms with Crippen LogP contribution in [0.2, 0.25) is 0 Å². The second kappa shape index (κ2) is 9.03. The van der Waals surface area contributed by atoms with Crippen LogP contribution < -0.4 is 5.32 Å². The second-order valence-corrected chi connectivity index (χ2v) is 7.72. The molecule has 3 aromatic rings. The Hall–Kier alpha value is -2.64. The van der Waals surface area contributed by atoms with Gasteiger partial charge in [-0.15, -0.1) is 0 Å². The number of carbonyl (C=O) groups is 2. The number of benzene rings is 2. The van der Waals surface area contributed by atoms with E-state index in [1.807, 2.05) is 31.2 Å². The van der Waals surface area contributed by atoms with Crippen LogP contribution in [0, 0.1) is 0 Å². The Kier molecular flexibility index (Phi) is 6.49. The second-order valence-electron chi connectivity index (χ2n) is 6.41. The number of amides is 1. The summed E-state index contributed by atoms with van der Waals surface area (Å²) in [5, 5.41) is 3.29. The molecule has 1 unspecified atom stereocenters. The minimum atomic E-state index is -0.362. The summed E-state index contributed by atoms with van der Waals surface area (Å²) in [5.41, 5.74) is 3.09. The lowest BCUT2D eigenvalue weighted by molar-refractivity contribution is -0.115. The van der Waals surface area contributed by atoms with Gasteiger partial charge >= 0.3 is 0 Å². The molecule has 0 aliphatic rings. The summed E-state index contributed by atoms with van der Waals surface area (Å²) in [6.45, 7) is 4.57. The average Bonchev–Trinajstić information content (AvgIpc) is 3.03. The predicted molar refractivity (Wildman–Crippen MR) is 112 cm³/mol. The SMILES string of the molecule is COCCn1c(SC(C)C(=O)Nc2cccc(C(C)=O)c2)nc2ccccc21. The first-order chi connectivity index (χ1) is 13.5. The van der Waals surface area contributed by atoms with Crippen LogP contribution in [0.15, 0.2) is 53.7 Å². The summed E-state index contributed by atoms with van der Waals surface area (Å²) in [7, 11) is 1.66. The number of rotatable bonds is 8. The Morgan fingerprint density at radius 3 is 2.75 bits per heavy atom. The molecule has 1 atom stereocenters. The number of aromatic nitrogens is 2. The monoisotopic (exact) mass is 397 g/mol. The van der Waals surface area contributed by atoms with Crippen LogP contribution in [0.1, 0.15) is 24.2 Å². The molecule has 1 heterocycles. The molecule has 0 aliphatic heterocycles. The van der Waals surface area contributed by atoms with E-state index in [1.54, 1.807) is 31.4 Å². The van der Waals surface area contributed by atoms with Gasteiger partial charge in [0.25, 0.3) is 0 Å². The summed E-state index contributed by atoms with van der Waals surface area (Å²) >= 11 is 1.40. The molecule has 28 heavy (non-hydrogen) atoms. The molecule has 0 fully saturated rings. The Labute approximate surface area is 168 Å². The van der Waals surface area contributed by atoms with Crippen LogP contribution in [0.25, 0.3) is 11.0 Å². The quantitative estimate of drug-likeness (QED) is 0.459. The highest BCUT2D eigenvalue weighted by Crippen LogP contribution is 2.28. The molecule has 146 valence electrons. The lowest BCUT2D eigenvalue weighted by Gasteiger charge is -2.14. The number of imidazole rings is 1. The number of methoxy groups -OCH3 is 1. The van der Waals surface area contributed by atoms with E-state index in [2.05, 4.69) is 14.9 Å². The third-order valence-electron chi connectivity index (χ3n) is 4.33. The molecule has 0 spiro atoms. The lowest BCUT2D eigenvalue weighted by Crippen LogP contribution is -2.23. The Bertz CT molecular complexity index is 999. The Morgan fingerprint density at radius 2 is 2.00 bits per heavy atom. The Morgan fingerprint density at radius 1 is 1.21 bits per heavy atom. The number of ether oxygens (including phenoxy) is 1. The molecule has 6 nitrogen and oxygen atoms in total. The number of para-hydroxylation sites is 2. The molecule has 7 heteroatoms. The van der Waals surface area contributed by atoms with E-state index >= 15 is 0 Å². The normalized spacial score (nSPS) is 12.1. The zero-order valence-corrected chi connectivity index (χ0v) is 17.0. The largest absolute Gasteiger partial charge is 0.383 e. The molecule has 1 amide bonds. The maximum Gasteiger partial charge on any atom is 0.237 e. The average molecular weight is 398 g/mol. The van der Waals surface area contributed by atoms with E-state index in [9.17, 15) is 9.59 Å². The third kappa shape index (κ3) is 4.61. The molecule has 0 bridgehead atoms. The maximum atomic E-state index is 12.7. The molecular weight excluding hydrogens is 374 g/mol. The third-order valence-corrected chi connectivity index (χ3v) is 5.42. The highest BCUT2D eigenvalue weighted by atomic mass is 32.2. The highest BCUT2D eigenvalue weighted by Gasteiger charge is 2.19. The first-order valence-corrected chi connectivity index (χ1v) is 9.90. The standard InChI is InChI=1S/C21H23N3O3S/c1-14(25)16-7-6-8-17(13-16)22-20(26)15(2)28-21-23-18-9-4-5-10-19(18)24(21)11-12-27-3/h4-10,13,15H,11-12H2,1-3H3,(H,22,26). The number of anilines is 1. The van der Waals surface area contributed by atoms with Gasteiger partial charge in [0.15, 0.2) is 10.9 Å². The van der Waals surface area contributed by atoms with Crippen LogP contribution in [-0.4, -0.2) is 40.2 Å². The molecule has 1 N–H and O–H groups in total. The fourth-order valence-corrected chi connectivity index (χ4v) is 3.76. The molecule has 3 rings (SSSR count). The summed E-state index contributed by atoms with van der Waals surface area (Å²) in [5.74, 6) is -0.179. The fourth-order valence-electron chi connectivity index (χ4n) is 2.81. The van der Waals surface area contributed by atoms with Gasteiger partial charge < -0.3 is 14.6 Å². The number of ketones is 1. The van der Waals surface area contributed by atoms with Crippen molar-refractivity contribution in [1.82, 2.24) is 9.55 Å². The first kappa shape index (κ1) is 20.1. The van der Waals surface area contributed by atoms with Gasteiger partial charge in [0.1, 0.15) is 0 Å². The van der Waals surface area contributed by atoms with Crippen molar-refractivity contribution in [1.29, 1.82) is 0 Å². The van der Waals surface area contributed by atoms with E-state index in [0.717, 1.165) is 16.2 Å². The van der Waals surface area contributed by atoms with Gasteiger partial charge in [0, 0.05) is 24.9 Å². The zero-order valence-electron chi connectivity index (χ0n) is 16.1. The molecule has 1 aromatic heterocycles. The Balaban J connectivity index is 1.76. The highest BCUT2D eigenvalue weighted by molar-refractivity contribution is 8.00. The lowest BCUT2D eigenvalue weighted by atomic mass is 10.1. The van der Waals surface area contributed by atoms with Gasteiger partial charge in [-0.2, -0.15) is 0 Å². The van der Waals surface area contributed by atoms with Gasteiger partial charge in [-0.25, -0.2) is 4.98 Å². The minimum absolute atomic E-state index is 0.0367. The van der Waals surface area contributed by atoms with Gasteiger partial charge in [-0.3, -0.25) is 9.59 Å². The summed E-state index contributed by atoms with van der Waals surface area (Å²) < 4.78 is 7.29. The van der Waals surface area contributed by atoms with Gasteiger partial charge in [-0.05, 0) is 38.1 Å². The molecular formula is C21H23N3O3S. The van der Waals surface area contributed by atoms with Crippen molar-refractivity contribution < 1.29 is 14.3 Å². The number of hydrogen-bond acceptors (Lipinski definition) is 5. The number of fused-ring (bicyclic) bond motifs is 1. The fraction of sp³-hybridized carbons (Fsp3) is 0.286. The molecule has 0 saturated carbocycles. The predicted octanol–water partition coefficient (Wildman–Crippen LogP) is 4.00. The summed E-state index contributed by atoms with van der Waals surface area (Å²) in [6, 6.07) is 14.8. The number of carbonyl (C=O) groups excluding carboxylic acids is 2. The topological polar surface area (TPSA) is 73.2 Å². The molecule has 2 aromatic carbocycles. The van der Waals surface area contributed by atoms with Crippen LogP contribution in [0.4, 0.5) is 5.69 Å². The maximum absolute atomic E-state index is 12.7. The van der Waals surface area contributed by atoms with Gasteiger partial charge in [0.05, 0.1) is 22.9 Å². The van der Waals surface area contributed by atoms with Crippen molar-refractivity contribution >= 4 is 40.2 Å². The summed E-state index contributed by atoms with van der Waals surface area (Å²) in [6.07, 6.45) is 0. The van der Waals surface area contributed by atoms with Crippen LogP contribution in [0.5, 0.6) is 0 Å². The van der Waals surface area contributed by atoms with E-state index in [0.29, 0.717) is 24.4 Å². The van der Waals surface area contributed by atoms with Crippen molar-refractivity contribution in [3.8, 4) is 0 Å². The summed E-state index contributed by atoms with van der Waals surface area (Å²) in [4.78, 5) is 28.9. The minimum Gasteiger partial charge on any atom is -0.383 e. The van der Waals surface area contributed by atoms with E-state index in [-0.39, 0.29) is 16.9 Å². The van der Waals surface area contributed by atoms with Crippen molar-refractivity contribution in [3.63, 3.8) is 0 Å². The van der Waals surface area contributed by atoms with E-state index in [4.69, 9.17) is 4.74 Å². The number of thioether (sulfide) groups is 1. The number of hydrogen-bond donors (Lipinski definition) is 1. The van der Waals surface area contributed by atoms with Gasteiger partial charge in [-0.1, -0.05) is 36.0 Å². The first-order valence-electron chi connectivity index (χ1n) is 9.02. The number of Topliss-reactive ketones (excluding diaryl/α,β-unsaturated/α-hetero) is 1. The van der Waals surface area contributed by atoms with Crippen LogP contribution >= 0.6 is 11.8 Å². The van der Waals surface area contributed by atoms with E-state index in [1.165, 1.54) is 18.7 Å². The molecule has 0 radical (unpaired) electrons. The van der Waals surface area contributed by atoms with Crippen molar-refractivity contribution in [3.05, 3.63) is 54.1 Å². The molecule has 0 aliphatic carbocycles. The number of nitrogens with one attached hydrogen (secondary N) is 1. The van der Waals surface area contributed by atoms with Gasteiger partial charge in [0.2, 0.25) is 5.91 Å². The molecule has 0 saturated heterocycles. The number of nitrogens with zero attached hydrogens (tertiary/aromatic N) is 2. The smallest absolute Gasteiger partial charge is 0.237 e. The van der Waals surface area contributed by atoms with Crippen molar-refractivity contribution in [2.24, 2.45) is 0 Å². The van der Waals surface area contributed by atoms with Crippen LogP contribution in [0.3, 0.4) is 0 Å². The zero-order chi connectivity index (χ0) is 20.1. The van der Waals surface area contributed by atoms with Crippen molar-refractivity contribution in [2.75, 3.05) is 19.0 Å².